The summed E-state index contributed by atoms with van der Waals surface area (Å²) in [6.45, 7) is 4.76. The molecule has 2 aromatic carbocycles. The first-order valence-electron chi connectivity index (χ1n) is 6.86. The van der Waals surface area contributed by atoms with Crippen LogP contribution in [0.15, 0.2) is 42.5 Å². The topological polar surface area (TPSA) is 55.1 Å². The molecule has 0 radical (unpaired) electrons. The van der Waals surface area contributed by atoms with E-state index in [9.17, 15) is 4.79 Å². The molecule has 0 aliphatic rings. The molecule has 2 aromatic rings. The Morgan fingerprint density at radius 1 is 1.29 bits per heavy atom. The molecular weight excluding hydrogens is 284 g/mol. The standard InChI is InChI=1S/C17H19ClN2O/c1-11-9-13(17(19)21)7-8-14(11)10-20-12(2)15-5-3-4-6-16(15)18/h3-9,12,20H,10H2,1-2H3,(H2,19,21)/t12-/m1/s1. The van der Waals surface area contributed by atoms with Crippen molar-refractivity contribution in [2.24, 2.45) is 5.73 Å². The fraction of sp³-hybridized carbons (Fsp3) is 0.235. The Morgan fingerprint density at radius 3 is 2.62 bits per heavy atom. The van der Waals surface area contributed by atoms with Gasteiger partial charge in [-0.2, -0.15) is 0 Å². The van der Waals surface area contributed by atoms with E-state index in [0.717, 1.165) is 21.7 Å². The Labute approximate surface area is 130 Å². The molecule has 3 N–H and O–H groups in total. The Morgan fingerprint density at radius 2 is 2.00 bits per heavy atom. The summed E-state index contributed by atoms with van der Waals surface area (Å²) < 4.78 is 0. The minimum atomic E-state index is -0.401. The van der Waals surface area contributed by atoms with E-state index < -0.39 is 5.91 Å². The van der Waals surface area contributed by atoms with E-state index in [0.29, 0.717) is 12.1 Å². The first kappa shape index (κ1) is 15.5. The van der Waals surface area contributed by atoms with Gasteiger partial charge in [0.1, 0.15) is 0 Å². The third-order valence-electron chi connectivity index (χ3n) is 3.60. The molecule has 2 rings (SSSR count). The van der Waals surface area contributed by atoms with Gasteiger partial charge in [0.15, 0.2) is 0 Å². The Bertz CT molecular complexity index is 655. The summed E-state index contributed by atoms with van der Waals surface area (Å²) in [5.74, 6) is -0.401. The van der Waals surface area contributed by atoms with E-state index in [1.165, 1.54) is 0 Å². The van der Waals surface area contributed by atoms with E-state index in [2.05, 4.69) is 12.2 Å². The molecule has 1 atom stereocenters. The van der Waals surface area contributed by atoms with Crippen LogP contribution in [-0.2, 0) is 6.54 Å². The number of primary amides is 1. The normalized spacial score (nSPS) is 12.1. The van der Waals surface area contributed by atoms with Crippen molar-refractivity contribution in [2.75, 3.05) is 0 Å². The molecule has 0 unspecified atom stereocenters. The monoisotopic (exact) mass is 302 g/mol. The first-order valence-corrected chi connectivity index (χ1v) is 7.24. The lowest BCUT2D eigenvalue weighted by molar-refractivity contribution is 0.1000. The van der Waals surface area contributed by atoms with Crippen molar-refractivity contribution in [3.63, 3.8) is 0 Å². The zero-order valence-electron chi connectivity index (χ0n) is 12.2. The fourth-order valence-corrected chi connectivity index (χ4v) is 2.55. The Hall–Kier alpha value is -1.84. The predicted octanol–water partition coefficient (Wildman–Crippen LogP) is 3.60. The molecule has 1 amide bonds. The summed E-state index contributed by atoms with van der Waals surface area (Å²) in [6, 6.07) is 13.5. The second kappa shape index (κ2) is 6.74. The lowest BCUT2D eigenvalue weighted by Gasteiger charge is -2.17. The second-order valence-corrected chi connectivity index (χ2v) is 5.54. The van der Waals surface area contributed by atoms with Crippen molar-refractivity contribution in [1.82, 2.24) is 5.32 Å². The van der Waals surface area contributed by atoms with E-state index >= 15 is 0 Å². The predicted molar refractivity (Wildman–Crippen MR) is 86.4 cm³/mol. The van der Waals surface area contributed by atoms with Gasteiger partial charge in [0.2, 0.25) is 5.91 Å². The van der Waals surface area contributed by atoms with Crippen molar-refractivity contribution in [2.45, 2.75) is 26.4 Å². The number of halogens is 1. The van der Waals surface area contributed by atoms with E-state index in [4.69, 9.17) is 17.3 Å². The molecule has 0 saturated heterocycles. The van der Waals surface area contributed by atoms with Gasteiger partial charge in [-0.15, -0.1) is 0 Å². The molecule has 0 heterocycles. The maximum absolute atomic E-state index is 11.1. The Kier molecular flexibility index (Phi) is 4.99. The number of hydrogen-bond acceptors (Lipinski definition) is 2. The molecule has 0 bridgehead atoms. The quantitative estimate of drug-likeness (QED) is 0.886. The molecule has 0 aromatic heterocycles. The van der Waals surface area contributed by atoms with E-state index in [-0.39, 0.29) is 6.04 Å². The number of nitrogens with one attached hydrogen (secondary N) is 1. The SMILES string of the molecule is Cc1cc(C(N)=O)ccc1CN[C@H](C)c1ccccc1Cl. The van der Waals surface area contributed by atoms with Gasteiger partial charge in [-0.3, -0.25) is 4.79 Å². The largest absolute Gasteiger partial charge is 0.366 e. The number of benzene rings is 2. The van der Waals surface area contributed by atoms with Crippen LogP contribution in [0, 0.1) is 6.92 Å². The van der Waals surface area contributed by atoms with E-state index in [1.807, 2.05) is 43.3 Å². The Balaban J connectivity index is 2.06. The molecule has 0 aliphatic carbocycles. The molecule has 4 heteroatoms. The van der Waals surface area contributed by atoms with Gasteiger partial charge in [0, 0.05) is 23.2 Å². The molecule has 0 saturated carbocycles. The number of aryl methyl sites for hydroxylation is 1. The lowest BCUT2D eigenvalue weighted by Crippen LogP contribution is -2.19. The highest BCUT2D eigenvalue weighted by molar-refractivity contribution is 6.31. The molecular formula is C17H19ClN2O. The maximum Gasteiger partial charge on any atom is 0.248 e. The van der Waals surface area contributed by atoms with Crippen molar-refractivity contribution < 1.29 is 4.79 Å². The molecule has 21 heavy (non-hydrogen) atoms. The van der Waals surface area contributed by atoms with Crippen LogP contribution in [0.4, 0.5) is 0 Å². The number of carbonyl (C=O) groups excluding carboxylic acids is 1. The zero-order chi connectivity index (χ0) is 15.4. The van der Waals surface area contributed by atoms with Crippen LogP contribution >= 0.6 is 11.6 Å². The lowest BCUT2D eigenvalue weighted by atomic mass is 10.0. The van der Waals surface area contributed by atoms with E-state index in [1.54, 1.807) is 6.07 Å². The smallest absolute Gasteiger partial charge is 0.248 e. The number of carbonyl (C=O) groups is 1. The van der Waals surface area contributed by atoms with Crippen molar-refractivity contribution in [1.29, 1.82) is 0 Å². The van der Waals surface area contributed by atoms with Gasteiger partial charge in [-0.25, -0.2) is 0 Å². The highest BCUT2D eigenvalue weighted by Crippen LogP contribution is 2.22. The van der Waals surface area contributed by atoms with Crippen LogP contribution in [0.5, 0.6) is 0 Å². The average molecular weight is 303 g/mol. The minimum Gasteiger partial charge on any atom is -0.366 e. The highest BCUT2D eigenvalue weighted by Gasteiger charge is 2.10. The number of nitrogens with two attached hydrogens (primary N) is 1. The first-order chi connectivity index (χ1) is 9.99. The maximum atomic E-state index is 11.1. The summed E-state index contributed by atoms with van der Waals surface area (Å²) in [5, 5.41) is 4.21. The summed E-state index contributed by atoms with van der Waals surface area (Å²) in [7, 11) is 0. The third-order valence-corrected chi connectivity index (χ3v) is 3.94. The average Bonchev–Trinajstić information content (AvgIpc) is 2.46. The van der Waals surface area contributed by atoms with Crippen LogP contribution in [0.3, 0.4) is 0 Å². The van der Waals surface area contributed by atoms with Gasteiger partial charge in [0.25, 0.3) is 0 Å². The molecule has 110 valence electrons. The zero-order valence-corrected chi connectivity index (χ0v) is 12.9. The van der Waals surface area contributed by atoms with Crippen LogP contribution in [-0.4, -0.2) is 5.91 Å². The summed E-state index contributed by atoms with van der Waals surface area (Å²) in [6.07, 6.45) is 0. The number of rotatable bonds is 5. The van der Waals surface area contributed by atoms with Gasteiger partial charge in [-0.1, -0.05) is 35.9 Å². The van der Waals surface area contributed by atoms with Gasteiger partial charge in [-0.05, 0) is 48.7 Å². The highest BCUT2D eigenvalue weighted by atomic mass is 35.5. The van der Waals surface area contributed by atoms with Crippen LogP contribution in [0.2, 0.25) is 5.02 Å². The molecule has 3 nitrogen and oxygen atoms in total. The van der Waals surface area contributed by atoms with Gasteiger partial charge < -0.3 is 11.1 Å². The van der Waals surface area contributed by atoms with Crippen molar-refractivity contribution in [3.05, 3.63) is 69.7 Å². The molecule has 0 fully saturated rings. The molecule has 0 aliphatic heterocycles. The summed E-state index contributed by atoms with van der Waals surface area (Å²) >= 11 is 6.20. The number of amides is 1. The van der Waals surface area contributed by atoms with Crippen molar-refractivity contribution in [3.8, 4) is 0 Å². The van der Waals surface area contributed by atoms with Crippen LogP contribution in [0.1, 0.15) is 40.0 Å². The summed E-state index contributed by atoms with van der Waals surface area (Å²) in [4.78, 5) is 11.1. The minimum absolute atomic E-state index is 0.147. The second-order valence-electron chi connectivity index (χ2n) is 5.13. The third kappa shape index (κ3) is 3.84. The van der Waals surface area contributed by atoms with Crippen LogP contribution in [0.25, 0.3) is 0 Å². The summed E-state index contributed by atoms with van der Waals surface area (Å²) in [5.41, 5.74) is 9.07. The van der Waals surface area contributed by atoms with Crippen LogP contribution < -0.4 is 11.1 Å². The van der Waals surface area contributed by atoms with Gasteiger partial charge in [0.05, 0.1) is 0 Å². The number of hydrogen-bond donors (Lipinski definition) is 2. The van der Waals surface area contributed by atoms with Crippen molar-refractivity contribution >= 4 is 17.5 Å². The molecule has 0 spiro atoms. The van der Waals surface area contributed by atoms with Gasteiger partial charge >= 0.3 is 0 Å². The fourth-order valence-electron chi connectivity index (χ4n) is 2.25.